The second kappa shape index (κ2) is 7.78. The molecular weight excluding hydrogens is 400 g/mol. The van der Waals surface area contributed by atoms with E-state index in [1.807, 2.05) is 12.1 Å². The highest BCUT2D eigenvalue weighted by Crippen LogP contribution is 2.38. The van der Waals surface area contributed by atoms with E-state index < -0.39 is 6.04 Å². The highest BCUT2D eigenvalue weighted by Gasteiger charge is 2.19. The van der Waals surface area contributed by atoms with E-state index in [9.17, 15) is 9.59 Å². The van der Waals surface area contributed by atoms with E-state index in [1.54, 1.807) is 31.2 Å². The molecule has 2 aromatic carbocycles. The Kier molecular flexibility index (Phi) is 5.46. The Bertz CT molecular complexity index is 836. The van der Waals surface area contributed by atoms with E-state index in [0.29, 0.717) is 36.0 Å². The second-order valence-corrected chi connectivity index (χ2v) is 6.82. The molecular formula is C19H19BrN2O4. The van der Waals surface area contributed by atoms with Crippen molar-refractivity contribution in [3.05, 3.63) is 46.4 Å². The van der Waals surface area contributed by atoms with E-state index in [4.69, 9.17) is 9.47 Å². The van der Waals surface area contributed by atoms with Gasteiger partial charge in [-0.1, -0.05) is 0 Å². The van der Waals surface area contributed by atoms with Crippen LogP contribution >= 0.6 is 15.9 Å². The molecule has 0 saturated carbocycles. The van der Waals surface area contributed by atoms with E-state index in [-0.39, 0.29) is 11.7 Å². The summed E-state index contributed by atoms with van der Waals surface area (Å²) < 4.78 is 11.9. The van der Waals surface area contributed by atoms with E-state index in [1.165, 1.54) is 6.92 Å². The number of halogens is 1. The summed E-state index contributed by atoms with van der Waals surface area (Å²) in [5, 5.41) is 5.88. The Morgan fingerprint density at radius 1 is 1.08 bits per heavy atom. The Labute approximate surface area is 160 Å². The zero-order valence-electron chi connectivity index (χ0n) is 14.5. The van der Waals surface area contributed by atoms with Crippen LogP contribution in [0.2, 0.25) is 0 Å². The minimum absolute atomic E-state index is 0.0545. The number of carbonyl (C=O) groups is 2. The molecule has 1 aliphatic heterocycles. The van der Waals surface area contributed by atoms with Gasteiger partial charge in [-0.25, -0.2) is 0 Å². The zero-order chi connectivity index (χ0) is 18.7. The average Bonchev–Trinajstić information content (AvgIpc) is 2.62. The van der Waals surface area contributed by atoms with Crippen LogP contribution in [0, 0.1) is 0 Å². The fourth-order valence-electron chi connectivity index (χ4n) is 2.64. The highest BCUT2D eigenvalue weighted by molar-refractivity contribution is 9.10. The number of Topliss-reactive ketones (excluding diaryl/α,β-unsaturated/α-hetero) is 1. The quantitative estimate of drug-likeness (QED) is 0.720. The molecule has 3 rings (SSSR count). The summed E-state index contributed by atoms with van der Waals surface area (Å²) in [6, 6.07) is 10.0. The molecule has 1 amide bonds. The molecule has 0 aliphatic carbocycles. The number of rotatable bonds is 5. The van der Waals surface area contributed by atoms with Crippen molar-refractivity contribution in [2.75, 3.05) is 23.8 Å². The first kappa shape index (κ1) is 18.3. The van der Waals surface area contributed by atoms with Gasteiger partial charge in [0.25, 0.3) is 0 Å². The molecule has 7 heteroatoms. The molecule has 0 bridgehead atoms. The summed E-state index contributed by atoms with van der Waals surface area (Å²) in [6.07, 6.45) is 0. The van der Waals surface area contributed by atoms with Crippen molar-refractivity contribution in [3.8, 4) is 11.5 Å². The lowest BCUT2D eigenvalue weighted by Crippen LogP contribution is -2.26. The maximum atomic E-state index is 12.7. The van der Waals surface area contributed by atoms with Gasteiger partial charge >= 0.3 is 0 Å². The van der Waals surface area contributed by atoms with Gasteiger partial charge in [-0.05, 0) is 47.1 Å². The van der Waals surface area contributed by atoms with Crippen molar-refractivity contribution in [2.45, 2.75) is 19.9 Å². The Morgan fingerprint density at radius 3 is 2.31 bits per heavy atom. The minimum Gasteiger partial charge on any atom is -0.486 e. The van der Waals surface area contributed by atoms with Gasteiger partial charge in [-0.2, -0.15) is 0 Å². The fraction of sp³-hybridized carbons (Fsp3) is 0.263. The first-order chi connectivity index (χ1) is 12.4. The van der Waals surface area contributed by atoms with Gasteiger partial charge in [-0.3, -0.25) is 9.59 Å². The van der Waals surface area contributed by atoms with Gasteiger partial charge in [-0.15, -0.1) is 0 Å². The summed E-state index contributed by atoms with van der Waals surface area (Å²) in [6.45, 7) is 4.27. The van der Waals surface area contributed by atoms with Crippen molar-refractivity contribution >= 4 is 39.0 Å². The third-order valence-corrected chi connectivity index (χ3v) is 4.54. The summed E-state index contributed by atoms with van der Waals surface area (Å²) in [7, 11) is 0. The van der Waals surface area contributed by atoms with Crippen molar-refractivity contribution in [2.24, 2.45) is 0 Å². The molecule has 1 atom stereocenters. The maximum Gasteiger partial charge on any atom is 0.221 e. The second-order valence-electron chi connectivity index (χ2n) is 5.96. The van der Waals surface area contributed by atoms with E-state index >= 15 is 0 Å². The van der Waals surface area contributed by atoms with Gasteiger partial charge in [0.05, 0.1) is 11.7 Å². The van der Waals surface area contributed by atoms with Crippen LogP contribution in [-0.4, -0.2) is 30.9 Å². The number of amides is 1. The predicted molar refractivity (Wildman–Crippen MR) is 103 cm³/mol. The SMILES string of the molecule is CC(=O)Nc1ccc(C(=O)C(C)Nc2cc3c(cc2Br)OCCO3)cc1. The molecule has 2 N–H and O–H groups in total. The topological polar surface area (TPSA) is 76.7 Å². The van der Waals surface area contributed by atoms with Crippen LogP contribution in [0.1, 0.15) is 24.2 Å². The molecule has 0 radical (unpaired) electrons. The monoisotopic (exact) mass is 418 g/mol. The zero-order valence-corrected chi connectivity index (χ0v) is 16.1. The van der Waals surface area contributed by atoms with Gasteiger partial charge in [0.15, 0.2) is 17.3 Å². The smallest absolute Gasteiger partial charge is 0.221 e. The van der Waals surface area contributed by atoms with Crippen LogP contribution in [0.5, 0.6) is 11.5 Å². The van der Waals surface area contributed by atoms with Gasteiger partial charge in [0.2, 0.25) is 5.91 Å². The van der Waals surface area contributed by atoms with Crippen LogP contribution < -0.4 is 20.1 Å². The molecule has 1 aliphatic rings. The molecule has 0 spiro atoms. The largest absolute Gasteiger partial charge is 0.486 e. The molecule has 0 aromatic heterocycles. The van der Waals surface area contributed by atoms with Crippen LogP contribution in [-0.2, 0) is 4.79 Å². The lowest BCUT2D eigenvalue weighted by Gasteiger charge is -2.22. The molecule has 1 heterocycles. The molecule has 136 valence electrons. The van der Waals surface area contributed by atoms with Crippen molar-refractivity contribution in [3.63, 3.8) is 0 Å². The normalized spacial score (nSPS) is 13.7. The van der Waals surface area contributed by atoms with Gasteiger partial charge in [0.1, 0.15) is 13.2 Å². The first-order valence-corrected chi connectivity index (χ1v) is 9.01. The lowest BCUT2D eigenvalue weighted by atomic mass is 10.0. The Hall–Kier alpha value is -2.54. The summed E-state index contributed by atoms with van der Waals surface area (Å²) >= 11 is 3.49. The highest BCUT2D eigenvalue weighted by atomic mass is 79.9. The summed E-state index contributed by atoms with van der Waals surface area (Å²) in [4.78, 5) is 23.7. The fourth-order valence-corrected chi connectivity index (χ4v) is 3.08. The maximum absolute atomic E-state index is 12.7. The molecule has 26 heavy (non-hydrogen) atoms. The number of anilines is 2. The number of hydrogen-bond acceptors (Lipinski definition) is 5. The Morgan fingerprint density at radius 2 is 1.69 bits per heavy atom. The van der Waals surface area contributed by atoms with Crippen LogP contribution in [0.4, 0.5) is 11.4 Å². The van der Waals surface area contributed by atoms with E-state index in [2.05, 4.69) is 26.6 Å². The van der Waals surface area contributed by atoms with Crippen molar-refractivity contribution in [1.29, 1.82) is 0 Å². The minimum atomic E-state index is -0.444. The number of benzene rings is 2. The molecule has 0 saturated heterocycles. The third-order valence-electron chi connectivity index (χ3n) is 3.89. The lowest BCUT2D eigenvalue weighted by molar-refractivity contribution is -0.114. The number of nitrogens with one attached hydrogen (secondary N) is 2. The van der Waals surface area contributed by atoms with Crippen molar-refractivity contribution in [1.82, 2.24) is 0 Å². The third kappa shape index (κ3) is 4.16. The molecule has 0 fully saturated rings. The molecule has 6 nitrogen and oxygen atoms in total. The number of ether oxygens (including phenoxy) is 2. The summed E-state index contributed by atoms with van der Waals surface area (Å²) in [5.41, 5.74) is 1.97. The van der Waals surface area contributed by atoms with Crippen molar-refractivity contribution < 1.29 is 19.1 Å². The van der Waals surface area contributed by atoms with Crippen LogP contribution in [0.15, 0.2) is 40.9 Å². The molecule has 2 aromatic rings. The standard InChI is InChI=1S/C19H19BrN2O4/c1-11(19(24)13-3-5-14(6-4-13)22-12(2)23)21-16-10-18-17(9-15(16)20)25-7-8-26-18/h3-6,9-11,21H,7-8H2,1-2H3,(H,22,23). The predicted octanol–water partition coefficient (Wildman–Crippen LogP) is 3.86. The average molecular weight is 419 g/mol. The number of ketones is 1. The number of hydrogen-bond donors (Lipinski definition) is 2. The Balaban J connectivity index is 1.72. The first-order valence-electron chi connectivity index (χ1n) is 8.21. The van der Waals surface area contributed by atoms with Gasteiger partial charge < -0.3 is 20.1 Å². The number of carbonyl (C=O) groups excluding carboxylic acids is 2. The van der Waals surface area contributed by atoms with Gasteiger partial charge in [0, 0.05) is 34.8 Å². The molecule has 1 unspecified atom stereocenters. The van der Waals surface area contributed by atoms with Crippen LogP contribution in [0.25, 0.3) is 0 Å². The van der Waals surface area contributed by atoms with E-state index in [0.717, 1.165) is 10.2 Å². The van der Waals surface area contributed by atoms with Crippen LogP contribution in [0.3, 0.4) is 0 Å². The number of fused-ring (bicyclic) bond motifs is 1. The summed E-state index contributed by atoms with van der Waals surface area (Å²) in [5.74, 6) is 1.13.